The number of hydrogen-bond donors (Lipinski definition) is 12. The molecule has 3 aliphatic heterocycles. The molecule has 394 valence electrons. The van der Waals surface area contributed by atoms with Gasteiger partial charge in [-0.3, -0.25) is 0 Å². The number of allylic oxidation sites excluding steroid dienone is 1. The summed E-state index contributed by atoms with van der Waals surface area (Å²) in [6.45, 7) is 16.5. The molecule has 25 atom stereocenters. The van der Waals surface area contributed by atoms with E-state index in [0.29, 0.717) is 25.7 Å². The van der Waals surface area contributed by atoms with Gasteiger partial charge in [-0.2, -0.15) is 0 Å². The average Bonchev–Trinajstić information content (AvgIpc) is 3.59. The summed E-state index contributed by atoms with van der Waals surface area (Å²) in [4.78, 5) is 0. The summed E-state index contributed by atoms with van der Waals surface area (Å²) in [5.41, 5.74) is -1.55. The van der Waals surface area contributed by atoms with Gasteiger partial charge in [-0.1, -0.05) is 60.1 Å². The lowest BCUT2D eigenvalue weighted by atomic mass is 9.37. The van der Waals surface area contributed by atoms with Gasteiger partial charge in [0.25, 0.3) is 0 Å². The zero-order valence-electron chi connectivity index (χ0n) is 41.6. The third kappa shape index (κ3) is 9.11. The molecule has 4 aliphatic carbocycles. The first-order chi connectivity index (χ1) is 31.8. The summed E-state index contributed by atoms with van der Waals surface area (Å²) >= 11 is 0. The van der Waals surface area contributed by atoms with E-state index in [4.69, 9.17) is 28.4 Å². The van der Waals surface area contributed by atoms with Gasteiger partial charge in [0.15, 0.2) is 18.9 Å². The maximum absolute atomic E-state index is 12.7. The Labute approximate surface area is 401 Å². The number of aliphatic hydroxyl groups is 12. The maximum atomic E-state index is 12.7. The Hall–Kier alpha value is -0.980. The molecule has 0 aromatic heterocycles. The van der Waals surface area contributed by atoms with Crippen LogP contribution in [0.4, 0.5) is 0 Å². The molecule has 0 amide bonds. The average molecular weight is 975 g/mol. The predicted octanol–water partition coefficient (Wildman–Crippen LogP) is 0.609. The van der Waals surface area contributed by atoms with Crippen molar-refractivity contribution in [2.45, 2.75) is 230 Å². The van der Waals surface area contributed by atoms with Crippen LogP contribution in [0.25, 0.3) is 0 Å². The molecule has 68 heavy (non-hydrogen) atoms. The second-order valence-electron chi connectivity index (χ2n) is 23.5. The smallest absolute Gasteiger partial charge is 0.187 e. The Bertz CT molecular complexity index is 1720. The van der Waals surface area contributed by atoms with Gasteiger partial charge in [-0.05, 0) is 106 Å². The summed E-state index contributed by atoms with van der Waals surface area (Å²) in [5, 5.41) is 130. The third-order valence-electron chi connectivity index (χ3n) is 19.4. The van der Waals surface area contributed by atoms with Crippen molar-refractivity contribution in [3.8, 4) is 0 Å². The van der Waals surface area contributed by atoms with Gasteiger partial charge in [-0.15, -0.1) is 0 Å². The van der Waals surface area contributed by atoms with Gasteiger partial charge in [0.1, 0.15) is 54.9 Å². The second-order valence-corrected chi connectivity index (χ2v) is 23.5. The summed E-state index contributed by atoms with van der Waals surface area (Å²) in [5.74, 6) is -0.0770. The normalized spacial score (nSPS) is 50.4. The van der Waals surface area contributed by atoms with Crippen LogP contribution in [-0.4, -0.2) is 191 Å². The van der Waals surface area contributed by atoms with Crippen molar-refractivity contribution in [3.05, 3.63) is 11.6 Å². The van der Waals surface area contributed by atoms with E-state index in [-0.39, 0.29) is 34.5 Å². The molecular weight excluding hydrogens is 889 g/mol. The molecule has 6 fully saturated rings. The Balaban J connectivity index is 1.08. The maximum Gasteiger partial charge on any atom is 0.187 e. The molecule has 12 N–H and O–H groups in total. The van der Waals surface area contributed by atoms with Crippen molar-refractivity contribution in [3.63, 3.8) is 0 Å². The first kappa shape index (κ1) is 54.8. The first-order valence-electron chi connectivity index (χ1n) is 25.4. The van der Waals surface area contributed by atoms with E-state index in [0.717, 1.165) is 32.1 Å². The Kier molecular flexibility index (Phi) is 16.4. The van der Waals surface area contributed by atoms with Gasteiger partial charge in [0.2, 0.25) is 0 Å². The van der Waals surface area contributed by atoms with Crippen molar-refractivity contribution in [2.75, 3.05) is 19.8 Å². The molecule has 3 unspecified atom stereocenters. The lowest BCUT2D eigenvalue weighted by Gasteiger charge is -2.68. The largest absolute Gasteiger partial charge is 0.394 e. The van der Waals surface area contributed by atoms with Crippen molar-refractivity contribution in [2.24, 2.45) is 51.2 Å². The van der Waals surface area contributed by atoms with Crippen LogP contribution < -0.4 is 0 Å². The van der Waals surface area contributed by atoms with Gasteiger partial charge in [-0.25, -0.2) is 0 Å². The molecule has 0 bridgehead atoms. The molecule has 3 saturated carbocycles. The van der Waals surface area contributed by atoms with Crippen LogP contribution in [0.1, 0.15) is 120 Å². The third-order valence-corrected chi connectivity index (χ3v) is 19.4. The Morgan fingerprint density at radius 2 is 1.29 bits per heavy atom. The van der Waals surface area contributed by atoms with Crippen LogP contribution in [0.5, 0.6) is 0 Å². The highest BCUT2D eigenvalue weighted by atomic mass is 16.8. The Morgan fingerprint density at radius 1 is 0.721 bits per heavy atom. The summed E-state index contributed by atoms with van der Waals surface area (Å²) in [7, 11) is 0. The molecule has 3 heterocycles. The van der Waals surface area contributed by atoms with Crippen LogP contribution in [0.2, 0.25) is 0 Å². The number of fused-ring (bicyclic) bond motifs is 5. The SMILES string of the molecule is CC[C@@]12CCC([C@H](C)CC[C@@H](O[C@@H]3O[C@H](CO)[C@@H](O)[C@H](O)[C@H]3O[C@@H]3O[C@H](CO)[C@@H](C)[C@H](O)[C@H]3O)C(C)(C)O)[C@@]1(C)C[C@@H](O)[C@@]1(C)C3CC[C@H](O[C@@H]4O[C@H](CO)[C@@H](O)[C@H](O)[C@H]4O)C(C)(C)C3=CCC12. The van der Waals surface area contributed by atoms with Crippen LogP contribution in [0.15, 0.2) is 11.6 Å². The zero-order valence-corrected chi connectivity index (χ0v) is 41.6. The fourth-order valence-electron chi connectivity index (χ4n) is 15.0. The van der Waals surface area contributed by atoms with Crippen molar-refractivity contribution in [1.82, 2.24) is 0 Å². The highest BCUT2D eigenvalue weighted by Crippen LogP contribution is 2.76. The van der Waals surface area contributed by atoms with Gasteiger partial charge >= 0.3 is 0 Å². The number of rotatable bonds is 15. The standard InChI is InChI=1S/C50H86O18/c1-10-50-18-17-25(23(2)11-15-34(47(6,7)62)67-45-42(39(59)37(57)30(22-53)65-45)68-44-40(60)35(55)24(3)28(20-51)63-44)48(50,8)19-32(54)49(9)27-13-16-33(46(4,5)26(27)12-14-31(49)50)66-43-41(61)38(58)36(56)29(21-52)64-43/h12,23-25,27-45,51-62H,10-11,13-22H2,1-9H3/t23-,24-,25?,27?,28-,29-,30-,31?,32-,33+,34-,35+,36-,37-,38+,39+,40-,41-,42-,43+,44+,45+,48-,49+,50+/m1/s1. The summed E-state index contributed by atoms with van der Waals surface area (Å²) in [6, 6.07) is 0. The first-order valence-corrected chi connectivity index (χ1v) is 25.4. The van der Waals surface area contributed by atoms with E-state index in [1.807, 2.05) is 0 Å². The number of aliphatic hydroxyl groups excluding tert-OH is 11. The molecule has 7 aliphatic rings. The van der Waals surface area contributed by atoms with E-state index in [1.54, 1.807) is 20.8 Å². The van der Waals surface area contributed by atoms with E-state index in [9.17, 15) is 61.3 Å². The quantitative estimate of drug-likeness (QED) is 0.100. The molecule has 0 aromatic carbocycles. The molecule has 3 saturated heterocycles. The van der Waals surface area contributed by atoms with E-state index in [2.05, 4.69) is 47.6 Å². The van der Waals surface area contributed by atoms with Crippen LogP contribution in [0, 0.1) is 51.2 Å². The monoisotopic (exact) mass is 975 g/mol. The molecule has 0 spiro atoms. The van der Waals surface area contributed by atoms with Crippen molar-refractivity contribution < 1.29 is 89.7 Å². The second kappa shape index (κ2) is 20.4. The summed E-state index contributed by atoms with van der Waals surface area (Å²) < 4.78 is 36.5. The minimum absolute atomic E-state index is 0.0626. The van der Waals surface area contributed by atoms with Gasteiger partial charge in [0, 0.05) is 16.7 Å². The molecule has 7 rings (SSSR count). The topological polar surface area (TPSA) is 298 Å². The zero-order chi connectivity index (χ0) is 50.2. The molecule has 0 aromatic rings. The summed E-state index contributed by atoms with van der Waals surface area (Å²) in [6.07, 6.45) is -12.8. The molecule has 0 radical (unpaired) electrons. The minimum Gasteiger partial charge on any atom is -0.394 e. The van der Waals surface area contributed by atoms with Crippen LogP contribution in [0.3, 0.4) is 0 Å². The highest BCUT2D eigenvalue weighted by molar-refractivity contribution is 5.32. The molecule has 18 heteroatoms. The number of hydrogen-bond acceptors (Lipinski definition) is 18. The van der Waals surface area contributed by atoms with Crippen LogP contribution >= 0.6 is 0 Å². The lowest BCUT2D eigenvalue weighted by molar-refractivity contribution is -0.373. The van der Waals surface area contributed by atoms with E-state index >= 15 is 0 Å². The lowest BCUT2D eigenvalue weighted by Crippen LogP contribution is -2.65. The van der Waals surface area contributed by atoms with Gasteiger partial charge < -0.3 is 89.7 Å². The predicted molar refractivity (Wildman–Crippen MR) is 243 cm³/mol. The van der Waals surface area contributed by atoms with E-state index < -0.39 is 146 Å². The number of ether oxygens (including phenoxy) is 6. The highest BCUT2D eigenvalue weighted by Gasteiger charge is 2.71. The molecular formula is C50H86O18. The van der Waals surface area contributed by atoms with E-state index in [1.165, 1.54) is 5.57 Å². The van der Waals surface area contributed by atoms with Crippen molar-refractivity contribution in [1.29, 1.82) is 0 Å². The molecule has 18 nitrogen and oxygen atoms in total. The minimum atomic E-state index is -1.70. The Morgan fingerprint density at radius 3 is 1.90 bits per heavy atom. The van der Waals surface area contributed by atoms with Crippen molar-refractivity contribution >= 4 is 0 Å². The fourth-order valence-corrected chi connectivity index (χ4v) is 15.0. The van der Waals surface area contributed by atoms with Gasteiger partial charge in [0.05, 0.1) is 55.9 Å². The fraction of sp³-hybridized carbons (Fsp3) is 0.960. The van der Waals surface area contributed by atoms with Crippen LogP contribution in [-0.2, 0) is 28.4 Å².